The maximum absolute atomic E-state index is 14.0. The number of rotatable bonds is 7. The van der Waals surface area contributed by atoms with E-state index in [9.17, 15) is 19.5 Å². The van der Waals surface area contributed by atoms with Crippen LogP contribution in [0.1, 0.15) is 74.1 Å². The zero-order chi connectivity index (χ0) is 34.6. The van der Waals surface area contributed by atoms with Crippen molar-refractivity contribution >= 4 is 17.7 Å². The van der Waals surface area contributed by atoms with E-state index in [0.717, 1.165) is 0 Å². The Morgan fingerprint density at radius 1 is 1.15 bits per heavy atom. The molecule has 3 aliphatic rings. The summed E-state index contributed by atoms with van der Waals surface area (Å²) >= 11 is 0. The number of Topliss-reactive ketones (excluding diaryl/α,β-unsaturated/α-hetero) is 1. The molecule has 1 unspecified atom stereocenters. The molecule has 0 aliphatic carbocycles. The van der Waals surface area contributed by atoms with Gasteiger partial charge in [-0.15, -0.1) is 0 Å². The van der Waals surface area contributed by atoms with E-state index in [-0.39, 0.29) is 42.4 Å². The third-order valence-corrected chi connectivity index (χ3v) is 10.6. The van der Waals surface area contributed by atoms with Gasteiger partial charge in [0.1, 0.15) is 18.6 Å². The topological polar surface area (TPSA) is 130 Å². The summed E-state index contributed by atoms with van der Waals surface area (Å²) in [6, 6.07) is 0.0330. The van der Waals surface area contributed by atoms with Crippen LogP contribution in [0, 0.1) is 17.8 Å². The molecule has 12 heteroatoms. The molecule has 0 aromatic rings. The predicted octanol–water partition coefficient (Wildman–Crippen LogP) is 1.92. The number of ketones is 1. The Hall–Kier alpha value is -1.67. The summed E-state index contributed by atoms with van der Waals surface area (Å²) in [7, 11) is 7.49. The monoisotopic (exact) mass is 654 g/mol. The number of cyclic esters (lactones) is 1. The minimum absolute atomic E-state index is 0.0645. The number of hydrogen-bond acceptors (Lipinski definition) is 11. The highest BCUT2D eigenvalue weighted by molar-refractivity contribution is 6.00. The van der Waals surface area contributed by atoms with Crippen molar-refractivity contribution in [1.29, 1.82) is 0 Å². The fourth-order valence-electron chi connectivity index (χ4n) is 7.53. The highest BCUT2D eigenvalue weighted by Crippen LogP contribution is 2.38. The molecule has 12 nitrogen and oxygen atoms in total. The number of nitrogens with one attached hydrogen (secondary N) is 1. The molecule has 9 atom stereocenters. The van der Waals surface area contributed by atoms with Crippen LogP contribution in [0.15, 0.2) is 0 Å². The van der Waals surface area contributed by atoms with E-state index in [2.05, 4.69) is 17.1 Å². The molecule has 3 fully saturated rings. The van der Waals surface area contributed by atoms with Gasteiger partial charge in [0.2, 0.25) is 5.91 Å². The summed E-state index contributed by atoms with van der Waals surface area (Å²) in [6.45, 7) is 15.6. The number of likely N-dealkylation sites (tertiary alicyclic amines) is 1. The molecule has 46 heavy (non-hydrogen) atoms. The summed E-state index contributed by atoms with van der Waals surface area (Å²) in [5, 5.41) is 14.5. The van der Waals surface area contributed by atoms with Gasteiger partial charge in [0.15, 0.2) is 12.1 Å². The van der Waals surface area contributed by atoms with Crippen molar-refractivity contribution in [1.82, 2.24) is 20.0 Å². The number of aliphatic hydroxyl groups is 1. The second-order valence-corrected chi connectivity index (χ2v) is 15.0. The Balaban J connectivity index is 1.90. The fourth-order valence-corrected chi connectivity index (χ4v) is 7.53. The van der Waals surface area contributed by atoms with Crippen LogP contribution in [0.5, 0.6) is 0 Å². The van der Waals surface area contributed by atoms with Gasteiger partial charge in [-0.2, -0.15) is 0 Å². The number of amides is 1. The highest BCUT2D eigenvalue weighted by Gasteiger charge is 2.50. The van der Waals surface area contributed by atoms with Gasteiger partial charge in [-0.3, -0.25) is 19.3 Å². The predicted molar refractivity (Wildman–Crippen MR) is 175 cm³/mol. The number of likely N-dealkylation sites (N-methyl/N-ethyl adjacent to an activating group) is 2. The van der Waals surface area contributed by atoms with Gasteiger partial charge >= 0.3 is 5.97 Å². The highest BCUT2D eigenvalue weighted by atomic mass is 16.7. The third-order valence-electron chi connectivity index (χ3n) is 10.6. The van der Waals surface area contributed by atoms with Crippen LogP contribution in [-0.4, -0.2) is 146 Å². The lowest BCUT2D eigenvalue weighted by molar-refractivity contribution is -0.295. The molecule has 0 aromatic carbocycles. The van der Waals surface area contributed by atoms with E-state index >= 15 is 0 Å². The number of esters is 1. The second kappa shape index (κ2) is 16.2. The van der Waals surface area contributed by atoms with Gasteiger partial charge < -0.3 is 39.2 Å². The van der Waals surface area contributed by atoms with Crippen molar-refractivity contribution in [3.63, 3.8) is 0 Å². The summed E-state index contributed by atoms with van der Waals surface area (Å²) in [6.07, 6.45) is -0.418. The Morgan fingerprint density at radius 2 is 1.78 bits per heavy atom. The molecule has 3 heterocycles. The molecule has 0 bridgehead atoms. The third kappa shape index (κ3) is 9.06. The Labute approximate surface area is 276 Å². The van der Waals surface area contributed by atoms with E-state index in [1.807, 2.05) is 58.6 Å². The van der Waals surface area contributed by atoms with Crippen LogP contribution in [0.25, 0.3) is 0 Å². The van der Waals surface area contributed by atoms with Gasteiger partial charge in [-0.25, -0.2) is 0 Å². The van der Waals surface area contributed by atoms with Crippen LogP contribution < -0.4 is 5.32 Å². The molecule has 3 aliphatic heterocycles. The molecule has 1 spiro atoms. The number of carbonyl (C=O) groups is 3. The van der Waals surface area contributed by atoms with Gasteiger partial charge in [-0.05, 0) is 73.5 Å². The first-order valence-corrected chi connectivity index (χ1v) is 17.1. The normalized spacial score (nSPS) is 37.1. The van der Waals surface area contributed by atoms with Crippen molar-refractivity contribution in [2.75, 3.05) is 61.0 Å². The van der Waals surface area contributed by atoms with Gasteiger partial charge in [0, 0.05) is 44.7 Å². The zero-order valence-electron chi connectivity index (χ0n) is 30.2. The number of carbonyl (C=O) groups excluding carboxylic acids is 3. The number of methoxy groups -OCH3 is 1. The van der Waals surface area contributed by atoms with E-state index in [0.29, 0.717) is 51.9 Å². The van der Waals surface area contributed by atoms with Crippen LogP contribution in [0.2, 0.25) is 0 Å². The molecule has 3 rings (SSSR count). The molecular weight excluding hydrogens is 592 g/mol. The maximum atomic E-state index is 14.0. The number of aliphatic hydroxyl groups excluding tert-OH is 1. The van der Waals surface area contributed by atoms with Gasteiger partial charge in [-0.1, -0.05) is 27.7 Å². The standard InChI is InChI=1S/C34H62N4O8/c1-21(2)35-18-27(39)38-14-12-34(13-15-38)20-44-31(42)25(6)28(40)24(5)30(33(7,43-11)17-22(3)19-37(34)10)46-32-29(41)26(36(8)9)16-23(4)45-32/h21-26,29-30,32,35,41H,12-20H2,1-11H3/t22-,23-,24+,25?,26+,29-,30-,32+,33-/m1/s1. The summed E-state index contributed by atoms with van der Waals surface area (Å²) in [5.41, 5.74) is -1.43. The van der Waals surface area contributed by atoms with Crippen molar-refractivity contribution in [2.24, 2.45) is 17.8 Å². The second-order valence-electron chi connectivity index (χ2n) is 15.0. The van der Waals surface area contributed by atoms with E-state index in [4.69, 9.17) is 18.9 Å². The molecule has 0 radical (unpaired) electrons. The first-order chi connectivity index (χ1) is 21.4. The minimum atomic E-state index is -1.03. The fraction of sp³-hybridized carbons (Fsp3) is 0.912. The van der Waals surface area contributed by atoms with Crippen molar-refractivity contribution < 1.29 is 38.4 Å². The molecule has 0 saturated carbocycles. The first kappa shape index (κ1) is 38.8. The van der Waals surface area contributed by atoms with Crippen LogP contribution in [0.3, 0.4) is 0 Å². The number of nitrogens with zero attached hydrogens (tertiary/aromatic N) is 3. The molecule has 266 valence electrons. The molecular formula is C34H62N4O8. The summed E-state index contributed by atoms with van der Waals surface area (Å²) in [4.78, 5) is 46.4. The lowest BCUT2D eigenvalue weighted by Gasteiger charge is -2.48. The van der Waals surface area contributed by atoms with Crippen molar-refractivity contribution in [3.05, 3.63) is 0 Å². The Morgan fingerprint density at radius 3 is 2.35 bits per heavy atom. The average Bonchev–Trinajstić information content (AvgIpc) is 3.00. The smallest absolute Gasteiger partial charge is 0.316 e. The zero-order valence-corrected chi connectivity index (χ0v) is 30.2. The number of piperidine rings is 1. The van der Waals surface area contributed by atoms with Gasteiger partial charge in [0.05, 0.1) is 29.9 Å². The lowest BCUT2D eigenvalue weighted by atomic mass is 9.78. The van der Waals surface area contributed by atoms with Gasteiger partial charge in [0.25, 0.3) is 0 Å². The van der Waals surface area contributed by atoms with E-state index in [1.54, 1.807) is 21.0 Å². The first-order valence-electron chi connectivity index (χ1n) is 17.1. The minimum Gasteiger partial charge on any atom is -0.463 e. The lowest BCUT2D eigenvalue weighted by Crippen LogP contribution is -2.60. The molecule has 3 saturated heterocycles. The van der Waals surface area contributed by atoms with Crippen LogP contribution in [0.4, 0.5) is 0 Å². The molecule has 0 aromatic heterocycles. The van der Waals surface area contributed by atoms with Crippen LogP contribution in [-0.2, 0) is 33.3 Å². The molecule has 2 N–H and O–H groups in total. The van der Waals surface area contributed by atoms with E-state index in [1.165, 1.54) is 0 Å². The number of hydrogen-bond donors (Lipinski definition) is 2. The molecule has 1 amide bonds. The Bertz CT molecular complexity index is 1030. The SMILES string of the molecule is CO[C@]1(C)C[C@@H](C)CN(C)C2(CCN(C(=O)CNC(C)C)CC2)COC(=O)C(C)C(=O)[C@H](C)[C@H]1O[C@@H]1O[C@H](C)C[C@H](N(C)C)[C@H]1O. The summed E-state index contributed by atoms with van der Waals surface area (Å²) < 4.78 is 24.9. The van der Waals surface area contributed by atoms with Crippen LogP contribution >= 0.6 is 0 Å². The van der Waals surface area contributed by atoms with Crippen molar-refractivity contribution in [2.45, 2.75) is 122 Å². The number of ether oxygens (including phenoxy) is 4. The summed E-state index contributed by atoms with van der Waals surface area (Å²) in [5.74, 6) is -2.52. The maximum Gasteiger partial charge on any atom is 0.316 e. The average molecular weight is 655 g/mol. The largest absolute Gasteiger partial charge is 0.463 e. The van der Waals surface area contributed by atoms with E-state index < -0.39 is 47.4 Å². The van der Waals surface area contributed by atoms with Crippen molar-refractivity contribution in [3.8, 4) is 0 Å². The Kier molecular flexibility index (Phi) is 13.6. The quantitative estimate of drug-likeness (QED) is 0.309.